The van der Waals surface area contributed by atoms with Crippen molar-refractivity contribution in [3.63, 3.8) is 0 Å². The van der Waals surface area contributed by atoms with Gasteiger partial charge in [-0.05, 0) is 30.3 Å². The van der Waals surface area contributed by atoms with E-state index in [-0.39, 0.29) is 17.2 Å². The highest BCUT2D eigenvalue weighted by molar-refractivity contribution is 8.00. The Balaban J connectivity index is 1.76. The lowest BCUT2D eigenvalue weighted by atomic mass is 10.3. The van der Waals surface area contributed by atoms with Crippen LogP contribution in [0.15, 0.2) is 53.4 Å². The first-order valence-electron chi connectivity index (χ1n) is 7.71. The number of nitro benzene ring substituents is 1. The second-order valence-electron chi connectivity index (χ2n) is 5.13. The number of carbonyl (C=O) groups is 2. The number of nitrogens with one attached hydrogen (secondary N) is 1. The minimum atomic E-state index is -2.95. The number of amides is 1. The molecule has 0 heterocycles. The first-order valence-corrected chi connectivity index (χ1v) is 8.70. The molecule has 11 heteroatoms. The molecular formula is C17H14F2N2O6S. The highest BCUT2D eigenvalue weighted by atomic mass is 32.2. The number of alkyl halides is 2. The van der Waals surface area contributed by atoms with Gasteiger partial charge in [-0.3, -0.25) is 19.7 Å². The number of ether oxygens (including phenoxy) is 2. The van der Waals surface area contributed by atoms with Crippen LogP contribution in [-0.4, -0.2) is 35.8 Å². The van der Waals surface area contributed by atoms with Crippen LogP contribution in [-0.2, 0) is 14.3 Å². The van der Waals surface area contributed by atoms with Gasteiger partial charge in [0.1, 0.15) is 5.75 Å². The summed E-state index contributed by atoms with van der Waals surface area (Å²) >= 11 is 0.922. The number of thioether (sulfide) groups is 1. The summed E-state index contributed by atoms with van der Waals surface area (Å²) in [7, 11) is 0. The molecule has 0 saturated heterocycles. The summed E-state index contributed by atoms with van der Waals surface area (Å²) in [5.41, 5.74) is 0.175. The third-order valence-electron chi connectivity index (χ3n) is 3.13. The predicted molar refractivity (Wildman–Crippen MR) is 96.5 cm³/mol. The summed E-state index contributed by atoms with van der Waals surface area (Å²) in [4.78, 5) is 34.1. The van der Waals surface area contributed by atoms with E-state index in [4.69, 9.17) is 4.74 Å². The molecule has 0 saturated carbocycles. The van der Waals surface area contributed by atoms with Crippen LogP contribution in [0.3, 0.4) is 0 Å². The predicted octanol–water partition coefficient (Wildman–Crippen LogP) is 3.47. The maximum Gasteiger partial charge on any atom is 0.387 e. The van der Waals surface area contributed by atoms with Crippen LogP contribution in [0.1, 0.15) is 0 Å². The average Bonchev–Trinajstić information content (AvgIpc) is 2.66. The molecule has 8 nitrogen and oxygen atoms in total. The Hall–Kier alpha value is -3.21. The molecular weight excluding hydrogens is 398 g/mol. The molecule has 0 bridgehead atoms. The van der Waals surface area contributed by atoms with Crippen molar-refractivity contribution in [3.8, 4) is 5.75 Å². The molecule has 0 aliphatic heterocycles. The fourth-order valence-electron chi connectivity index (χ4n) is 1.97. The van der Waals surface area contributed by atoms with Crippen molar-refractivity contribution >= 4 is 35.0 Å². The molecule has 0 radical (unpaired) electrons. The van der Waals surface area contributed by atoms with E-state index in [1.54, 1.807) is 6.07 Å². The molecule has 0 unspecified atom stereocenters. The number of hydrogen-bond acceptors (Lipinski definition) is 7. The minimum absolute atomic E-state index is 0.0635. The van der Waals surface area contributed by atoms with Crippen LogP contribution in [0.5, 0.6) is 5.75 Å². The van der Waals surface area contributed by atoms with Crippen LogP contribution in [0.2, 0.25) is 0 Å². The van der Waals surface area contributed by atoms with Gasteiger partial charge in [-0.25, -0.2) is 0 Å². The molecule has 0 aliphatic carbocycles. The van der Waals surface area contributed by atoms with Crippen LogP contribution < -0.4 is 10.1 Å². The lowest BCUT2D eigenvalue weighted by molar-refractivity contribution is -0.387. The van der Waals surface area contributed by atoms with Crippen LogP contribution >= 0.6 is 11.8 Å². The van der Waals surface area contributed by atoms with Gasteiger partial charge in [0.15, 0.2) is 6.61 Å². The van der Waals surface area contributed by atoms with Crippen molar-refractivity contribution < 1.29 is 32.8 Å². The standard InChI is InChI=1S/C17H14F2N2O6S/c18-17(19)27-12-7-5-11(6-8-12)20-15(22)9-26-16(23)10-28-14-4-2-1-3-13(14)21(24)25/h1-8,17H,9-10H2,(H,20,22). The first-order chi connectivity index (χ1) is 13.3. The molecule has 148 valence electrons. The fraction of sp³-hybridized carbons (Fsp3) is 0.176. The molecule has 2 aromatic carbocycles. The SMILES string of the molecule is O=C(COC(=O)CSc1ccccc1[N+](=O)[O-])Nc1ccc(OC(F)F)cc1. The molecule has 28 heavy (non-hydrogen) atoms. The van der Waals surface area contributed by atoms with Crippen molar-refractivity contribution in [2.45, 2.75) is 11.5 Å². The van der Waals surface area contributed by atoms with Gasteiger partial charge in [0.05, 0.1) is 15.6 Å². The van der Waals surface area contributed by atoms with E-state index in [9.17, 15) is 28.5 Å². The van der Waals surface area contributed by atoms with Crippen LogP contribution in [0.4, 0.5) is 20.2 Å². The molecule has 2 rings (SSSR count). The van der Waals surface area contributed by atoms with E-state index in [1.807, 2.05) is 0 Å². The number of esters is 1. The van der Waals surface area contributed by atoms with Gasteiger partial charge in [0.25, 0.3) is 11.6 Å². The Kier molecular flexibility index (Phi) is 7.69. The van der Waals surface area contributed by atoms with Gasteiger partial charge in [-0.2, -0.15) is 8.78 Å². The Bertz CT molecular complexity index is 848. The molecule has 0 spiro atoms. The minimum Gasteiger partial charge on any atom is -0.455 e. The fourth-order valence-corrected chi connectivity index (χ4v) is 2.79. The number of para-hydroxylation sites is 1. The maximum absolute atomic E-state index is 12.1. The lowest BCUT2D eigenvalue weighted by Crippen LogP contribution is -2.21. The summed E-state index contributed by atoms with van der Waals surface area (Å²) in [6, 6.07) is 11.1. The third kappa shape index (κ3) is 6.83. The number of rotatable bonds is 9. The number of nitrogens with zero attached hydrogens (tertiary/aromatic N) is 1. The summed E-state index contributed by atoms with van der Waals surface area (Å²) in [6.45, 7) is -3.51. The zero-order valence-corrected chi connectivity index (χ0v) is 15.0. The molecule has 0 atom stereocenters. The van der Waals surface area contributed by atoms with E-state index in [0.717, 1.165) is 11.8 Å². The molecule has 0 fully saturated rings. The number of hydrogen-bond donors (Lipinski definition) is 1. The molecule has 0 aliphatic rings. The first kappa shape index (κ1) is 21.1. The second-order valence-corrected chi connectivity index (χ2v) is 6.14. The van der Waals surface area contributed by atoms with Crippen LogP contribution in [0, 0.1) is 10.1 Å². The summed E-state index contributed by atoms with van der Waals surface area (Å²) < 4.78 is 33.1. The van der Waals surface area contributed by atoms with Gasteiger partial charge in [0, 0.05) is 11.8 Å². The van der Waals surface area contributed by atoms with Crippen molar-refractivity contribution in [2.24, 2.45) is 0 Å². The van der Waals surface area contributed by atoms with Crippen molar-refractivity contribution in [1.82, 2.24) is 0 Å². The summed E-state index contributed by atoms with van der Waals surface area (Å²) in [6.07, 6.45) is 0. The molecule has 1 amide bonds. The van der Waals surface area contributed by atoms with Gasteiger partial charge < -0.3 is 14.8 Å². The van der Waals surface area contributed by atoms with Gasteiger partial charge in [-0.15, -0.1) is 11.8 Å². The zero-order valence-electron chi connectivity index (χ0n) is 14.2. The average molecular weight is 412 g/mol. The number of benzene rings is 2. The van der Waals surface area contributed by atoms with Crippen molar-refractivity contribution in [2.75, 3.05) is 17.7 Å². The second kappa shape index (κ2) is 10.2. The summed E-state index contributed by atoms with van der Waals surface area (Å²) in [5.74, 6) is -1.63. The number of halogens is 2. The number of nitro groups is 1. The van der Waals surface area contributed by atoms with E-state index in [1.165, 1.54) is 42.5 Å². The molecule has 0 aromatic heterocycles. The highest BCUT2D eigenvalue weighted by Gasteiger charge is 2.15. The van der Waals surface area contributed by atoms with Crippen molar-refractivity contribution in [1.29, 1.82) is 0 Å². The van der Waals surface area contributed by atoms with E-state index in [2.05, 4.69) is 10.1 Å². The van der Waals surface area contributed by atoms with E-state index in [0.29, 0.717) is 10.6 Å². The monoisotopic (exact) mass is 412 g/mol. The van der Waals surface area contributed by atoms with Gasteiger partial charge in [0.2, 0.25) is 0 Å². The van der Waals surface area contributed by atoms with Gasteiger partial charge >= 0.3 is 12.6 Å². The Morgan fingerprint density at radius 3 is 2.46 bits per heavy atom. The van der Waals surface area contributed by atoms with E-state index < -0.39 is 30.0 Å². The maximum atomic E-state index is 12.1. The number of anilines is 1. The topological polar surface area (TPSA) is 108 Å². The molecule has 1 N–H and O–H groups in total. The normalized spacial score (nSPS) is 10.4. The quantitative estimate of drug-likeness (QED) is 0.291. The Morgan fingerprint density at radius 1 is 1.14 bits per heavy atom. The molecule has 2 aromatic rings. The smallest absolute Gasteiger partial charge is 0.387 e. The highest BCUT2D eigenvalue weighted by Crippen LogP contribution is 2.28. The lowest BCUT2D eigenvalue weighted by Gasteiger charge is -2.08. The zero-order chi connectivity index (χ0) is 20.5. The van der Waals surface area contributed by atoms with Crippen molar-refractivity contribution in [3.05, 3.63) is 58.6 Å². The third-order valence-corrected chi connectivity index (χ3v) is 4.17. The summed E-state index contributed by atoms with van der Waals surface area (Å²) in [5, 5.41) is 13.3. The van der Waals surface area contributed by atoms with Crippen LogP contribution in [0.25, 0.3) is 0 Å². The van der Waals surface area contributed by atoms with E-state index >= 15 is 0 Å². The van der Waals surface area contributed by atoms with Gasteiger partial charge in [-0.1, -0.05) is 12.1 Å². The largest absolute Gasteiger partial charge is 0.455 e. The number of carbonyl (C=O) groups excluding carboxylic acids is 2. The Labute approximate surface area is 162 Å². The Morgan fingerprint density at radius 2 is 1.82 bits per heavy atom.